The van der Waals surface area contributed by atoms with Crippen LogP contribution in [0.3, 0.4) is 0 Å². The largest absolute Gasteiger partial charge is 0.383 e. The van der Waals surface area contributed by atoms with Crippen molar-refractivity contribution in [1.82, 2.24) is 29.8 Å². The number of piperazine rings is 1. The molecule has 2 atom stereocenters. The SMILES string of the molecule is COCCN1CCN(c2nccc(Nc3nccc(Sc4cnc(N5CCC6(CC5)CC(=O)[C@@H](C)[C@@H]6N)cn4)c3Cl)n2)CC1.Cl. The molecule has 45 heavy (non-hydrogen) atoms. The lowest BCUT2D eigenvalue weighted by Crippen LogP contribution is -2.48. The number of hydrogen-bond donors (Lipinski definition) is 2. The Morgan fingerprint density at radius 1 is 1.04 bits per heavy atom. The fraction of sp³-hybridized carbons (Fsp3) is 0.533. The zero-order valence-corrected chi connectivity index (χ0v) is 28.0. The van der Waals surface area contributed by atoms with E-state index in [9.17, 15) is 4.79 Å². The van der Waals surface area contributed by atoms with Gasteiger partial charge in [0.25, 0.3) is 0 Å². The molecule has 3 aliphatic rings. The summed E-state index contributed by atoms with van der Waals surface area (Å²) in [6.45, 7) is 8.84. The molecule has 3 N–H and O–H groups in total. The van der Waals surface area contributed by atoms with Crippen LogP contribution in [0, 0.1) is 11.3 Å². The van der Waals surface area contributed by atoms with Crippen LogP contribution in [0.25, 0.3) is 0 Å². The Morgan fingerprint density at radius 3 is 2.47 bits per heavy atom. The number of aromatic nitrogens is 5. The second-order valence-electron chi connectivity index (χ2n) is 11.8. The van der Waals surface area contributed by atoms with Crippen LogP contribution in [0.15, 0.2) is 46.8 Å². The van der Waals surface area contributed by atoms with E-state index < -0.39 is 0 Å². The molecule has 2 saturated heterocycles. The molecule has 1 aliphatic carbocycles. The Morgan fingerprint density at radius 2 is 1.80 bits per heavy atom. The number of halogens is 2. The van der Waals surface area contributed by atoms with Gasteiger partial charge < -0.3 is 25.6 Å². The van der Waals surface area contributed by atoms with Crippen LogP contribution < -0.4 is 20.9 Å². The molecule has 0 aromatic carbocycles. The lowest BCUT2D eigenvalue weighted by Gasteiger charge is -2.42. The average molecular weight is 676 g/mol. The van der Waals surface area contributed by atoms with Crippen molar-refractivity contribution in [3.63, 3.8) is 0 Å². The molecule has 242 valence electrons. The van der Waals surface area contributed by atoms with Gasteiger partial charge in [-0.15, -0.1) is 12.4 Å². The first kappa shape index (κ1) is 33.6. The van der Waals surface area contributed by atoms with Gasteiger partial charge in [0.1, 0.15) is 22.4 Å². The highest BCUT2D eigenvalue weighted by Gasteiger charge is 2.50. The molecule has 15 heteroatoms. The van der Waals surface area contributed by atoms with E-state index in [1.807, 2.05) is 19.1 Å². The summed E-state index contributed by atoms with van der Waals surface area (Å²) in [6.07, 6.45) is 9.41. The number of ether oxygens (including phenoxy) is 1. The first-order valence-corrected chi connectivity index (χ1v) is 16.3. The number of nitrogens with one attached hydrogen (secondary N) is 1. The Balaban J connectivity index is 0.00000400. The lowest BCUT2D eigenvalue weighted by molar-refractivity contribution is -0.120. The average Bonchev–Trinajstić information content (AvgIpc) is 3.26. The molecule has 5 heterocycles. The molecule has 3 aromatic rings. The predicted molar refractivity (Wildman–Crippen MR) is 179 cm³/mol. The molecule has 3 aromatic heterocycles. The predicted octanol–water partition coefficient (Wildman–Crippen LogP) is 3.92. The normalized spacial score (nSPS) is 21.6. The van der Waals surface area contributed by atoms with Crippen molar-refractivity contribution < 1.29 is 9.53 Å². The van der Waals surface area contributed by atoms with E-state index in [4.69, 9.17) is 32.0 Å². The number of pyridine rings is 1. The first-order chi connectivity index (χ1) is 21.3. The molecule has 12 nitrogen and oxygen atoms in total. The summed E-state index contributed by atoms with van der Waals surface area (Å²) in [5.41, 5.74) is 6.40. The number of rotatable bonds is 9. The summed E-state index contributed by atoms with van der Waals surface area (Å²) in [4.78, 5) is 42.9. The topological polar surface area (TPSA) is 139 Å². The van der Waals surface area contributed by atoms with Crippen molar-refractivity contribution in [2.24, 2.45) is 17.1 Å². The zero-order valence-electron chi connectivity index (χ0n) is 25.6. The highest BCUT2D eigenvalue weighted by Crippen LogP contribution is 2.46. The van der Waals surface area contributed by atoms with Crippen molar-refractivity contribution >= 4 is 65.0 Å². The summed E-state index contributed by atoms with van der Waals surface area (Å²) >= 11 is 8.22. The van der Waals surface area contributed by atoms with Gasteiger partial charge in [0.15, 0.2) is 5.82 Å². The number of carbonyl (C=O) groups is 1. The molecule has 0 amide bonds. The Kier molecular flexibility index (Phi) is 11.0. The molecule has 1 spiro atoms. The molecule has 3 fully saturated rings. The van der Waals surface area contributed by atoms with Crippen LogP contribution in [0.5, 0.6) is 0 Å². The minimum Gasteiger partial charge on any atom is -0.383 e. The highest BCUT2D eigenvalue weighted by molar-refractivity contribution is 7.99. The Bertz CT molecular complexity index is 1450. The standard InChI is InChI=1S/C30H39ClN10O2S.ClH/c1-20-21(42)17-30(27(20)32)5-9-40(10-6-30)24-18-36-25(19-35-24)44-22-3-7-33-28(26(22)31)37-23-4-8-34-29(38-23)41-13-11-39(12-14-41)15-16-43-2;/h3-4,7-8,18-20,27H,5-6,9-17,32H2,1-2H3,(H,33,34,37,38);1H/t20-,27+;/m1./s1. The number of nitrogens with two attached hydrogens (primary N) is 1. The van der Waals surface area contributed by atoms with Gasteiger partial charge >= 0.3 is 0 Å². The van der Waals surface area contributed by atoms with E-state index in [2.05, 4.69) is 35.0 Å². The maximum absolute atomic E-state index is 12.3. The van der Waals surface area contributed by atoms with Gasteiger partial charge in [0.05, 0.1) is 24.0 Å². The van der Waals surface area contributed by atoms with Crippen LogP contribution in [0.4, 0.5) is 23.4 Å². The van der Waals surface area contributed by atoms with Crippen LogP contribution in [-0.2, 0) is 9.53 Å². The van der Waals surface area contributed by atoms with Crippen molar-refractivity contribution in [1.29, 1.82) is 0 Å². The molecule has 0 bridgehead atoms. The van der Waals surface area contributed by atoms with Crippen molar-refractivity contribution in [2.75, 3.05) is 74.6 Å². The monoisotopic (exact) mass is 674 g/mol. The van der Waals surface area contributed by atoms with Crippen LogP contribution >= 0.6 is 35.8 Å². The molecule has 6 rings (SSSR count). The van der Waals surface area contributed by atoms with Gasteiger partial charge in [0.2, 0.25) is 5.95 Å². The second kappa shape index (κ2) is 14.7. The third-order valence-electron chi connectivity index (χ3n) is 9.20. The number of anilines is 4. The van der Waals surface area contributed by atoms with Crippen molar-refractivity contribution in [3.8, 4) is 0 Å². The Hall–Kier alpha value is -2.81. The Labute approximate surface area is 279 Å². The van der Waals surface area contributed by atoms with E-state index in [0.717, 1.165) is 81.0 Å². The fourth-order valence-corrected chi connectivity index (χ4v) is 7.39. The zero-order chi connectivity index (χ0) is 30.7. The minimum absolute atomic E-state index is 0. The van der Waals surface area contributed by atoms with E-state index >= 15 is 0 Å². The van der Waals surface area contributed by atoms with Crippen LogP contribution in [0.1, 0.15) is 26.2 Å². The van der Waals surface area contributed by atoms with Crippen molar-refractivity contribution in [2.45, 2.75) is 42.1 Å². The van der Waals surface area contributed by atoms with Crippen LogP contribution in [0.2, 0.25) is 5.02 Å². The maximum atomic E-state index is 12.3. The van der Waals surface area contributed by atoms with Gasteiger partial charge in [-0.2, -0.15) is 4.98 Å². The van der Waals surface area contributed by atoms with E-state index in [0.29, 0.717) is 34.8 Å². The van der Waals surface area contributed by atoms with Gasteiger partial charge in [-0.3, -0.25) is 9.69 Å². The number of methoxy groups -OCH3 is 1. The molecular formula is C30H40Cl2N10O2S. The molecule has 0 radical (unpaired) electrons. The quantitative estimate of drug-likeness (QED) is 0.339. The molecule has 1 saturated carbocycles. The second-order valence-corrected chi connectivity index (χ2v) is 13.2. The number of Topliss-reactive ketones (excluding diaryl/α,β-unsaturated/α-hetero) is 1. The third-order valence-corrected chi connectivity index (χ3v) is 10.7. The molecule has 0 unspecified atom stereocenters. The van der Waals surface area contributed by atoms with Gasteiger partial charge in [0, 0.05) is 88.6 Å². The number of hydrogen-bond acceptors (Lipinski definition) is 13. The third kappa shape index (κ3) is 7.44. The minimum atomic E-state index is -0.0764. The number of ketones is 1. The van der Waals surface area contributed by atoms with E-state index in [-0.39, 0.29) is 29.8 Å². The highest BCUT2D eigenvalue weighted by atomic mass is 35.5. The van der Waals surface area contributed by atoms with Crippen molar-refractivity contribution in [3.05, 3.63) is 41.9 Å². The molecular weight excluding hydrogens is 635 g/mol. The smallest absolute Gasteiger partial charge is 0.227 e. The molecule has 2 aliphatic heterocycles. The lowest BCUT2D eigenvalue weighted by atomic mass is 9.73. The van der Waals surface area contributed by atoms with Gasteiger partial charge in [-0.25, -0.2) is 19.9 Å². The summed E-state index contributed by atoms with van der Waals surface area (Å²) in [7, 11) is 1.73. The summed E-state index contributed by atoms with van der Waals surface area (Å²) in [6, 6.07) is 3.61. The maximum Gasteiger partial charge on any atom is 0.227 e. The van der Waals surface area contributed by atoms with Gasteiger partial charge in [-0.1, -0.05) is 30.3 Å². The number of piperidine rings is 1. The number of nitrogens with zero attached hydrogens (tertiary/aromatic N) is 8. The van der Waals surface area contributed by atoms with Gasteiger partial charge in [-0.05, 0) is 30.4 Å². The van der Waals surface area contributed by atoms with E-state index in [1.165, 1.54) is 11.8 Å². The summed E-state index contributed by atoms with van der Waals surface area (Å²) < 4.78 is 5.20. The van der Waals surface area contributed by atoms with E-state index in [1.54, 1.807) is 31.9 Å². The fourth-order valence-electron chi connectivity index (χ4n) is 6.36. The summed E-state index contributed by atoms with van der Waals surface area (Å²) in [5, 5.41) is 4.47. The summed E-state index contributed by atoms with van der Waals surface area (Å²) in [5.74, 6) is 2.88. The number of carbonyl (C=O) groups excluding carboxylic acids is 1. The van der Waals surface area contributed by atoms with Crippen LogP contribution in [-0.4, -0.2) is 101 Å². The first-order valence-electron chi connectivity index (χ1n) is 15.1.